The van der Waals surface area contributed by atoms with Crippen LogP contribution in [0.2, 0.25) is 0 Å². The molecule has 1 saturated heterocycles. The van der Waals surface area contributed by atoms with E-state index in [0.717, 1.165) is 25.1 Å². The minimum absolute atomic E-state index is 0.223. The average Bonchev–Trinajstić information content (AvgIpc) is 2.32. The fraction of sp³-hybridized carbons (Fsp3) is 0.385. The zero-order chi connectivity index (χ0) is 12.3. The quantitative estimate of drug-likeness (QED) is 0.455. The summed E-state index contributed by atoms with van der Waals surface area (Å²) in [6.07, 6.45) is 0.721. The highest BCUT2D eigenvalue weighted by Crippen LogP contribution is 2.19. The van der Waals surface area contributed by atoms with Crippen LogP contribution in [-0.2, 0) is 6.54 Å². The van der Waals surface area contributed by atoms with Gasteiger partial charge in [-0.3, -0.25) is 15.0 Å². The summed E-state index contributed by atoms with van der Waals surface area (Å²) in [6.45, 7) is 5.90. The van der Waals surface area contributed by atoms with Crippen molar-refractivity contribution in [2.45, 2.75) is 19.0 Å². The Labute approximate surface area is 101 Å². The molecule has 1 atom stereocenters. The van der Waals surface area contributed by atoms with Gasteiger partial charge in [-0.05, 0) is 17.6 Å². The maximum Gasteiger partial charge on any atom is 0.246 e. The summed E-state index contributed by atoms with van der Waals surface area (Å²) in [4.78, 5) is 12.8. The van der Waals surface area contributed by atoms with Crippen LogP contribution in [0.3, 0.4) is 0 Å². The highest BCUT2D eigenvalue weighted by Gasteiger charge is 2.31. The molecule has 0 N–H and O–H groups in total. The Bertz CT molecular complexity index is 417. The fourth-order valence-corrected chi connectivity index (χ4v) is 2.13. The summed E-state index contributed by atoms with van der Waals surface area (Å²) in [5, 5.41) is 10.9. The van der Waals surface area contributed by atoms with Gasteiger partial charge in [0.25, 0.3) is 0 Å². The third-order valence-corrected chi connectivity index (χ3v) is 3.16. The van der Waals surface area contributed by atoms with E-state index < -0.39 is 6.04 Å². The second-order valence-corrected chi connectivity index (χ2v) is 4.43. The summed E-state index contributed by atoms with van der Waals surface area (Å²) >= 11 is 0. The third-order valence-electron chi connectivity index (χ3n) is 3.16. The molecule has 4 heteroatoms. The summed E-state index contributed by atoms with van der Waals surface area (Å²) in [5.41, 5.74) is 1.95. The lowest BCUT2D eigenvalue weighted by Gasteiger charge is -2.29. The van der Waals surface area contributed by atoms with Gasteiger partial charge in [-0.15, -0.1) is 0 Å². The molecule has 0 spiro atoms. The second kappa shape index (κ2) is 5.10. The molecule has 1 aromatic rings. The van der Waals surface area contributed by atoms with Gasteiger partial charge in [0.2, 0.25) is 6.04 Å². The maximum absolute atomic E-state index is 10.9. The molecule has 0 radical (unpaired) electrons. The first-order valence-corrected chi connectivity index (χ1v) is 5.74. The molecule has 17 heavy (non-hydrogen) atoms. The Morgan fingerprint density at radius 2 is 2.12 bits per heavy atom. The van der Waals surface area contributed by atoms with Crippen molar-refractivity contribution in [1.29, 1.82) is 0 Å². The summed E-state index contributed by atoms with van der Waals surface area (Å²) in [6, 6.07) is 9.44. The number of nitro groups is 1. The minimum atomic E-state index is -0.604. The monoisotopic (exact) mass is 232 g/mol. The first-order valence-electron chi connectivity index (χ1n) is 5.74. The SMILES string of the molecule is C=C1CCN(Cc2ccccc2)CC1[N+](=O)[O-]. The van der Waals surface area contributed by atoms with Crippen LogP contribution >= 0.6 is 0 Å². The van der Waals surface area contributed by atoms with Gasteiger partial charge in [0.15, 0.2) is 0 Å². The molecule has 1 aliphatic heterocycles. The van der Waals surface area contributed by atoms with Gasteiger partial charge < -0.3 is 0 Å². The van der Waals surface area contributed by atoms with Crippen molar-refractivity contribution < 1.29 is 4.92 Å². The van der Waals surface area contributed by atoms with Crippen LogP contribution in [0.25, 0.3) is 0 Å². The van der Waals surface area contributed by atoms with Gasteiger partial charge in [0.05, 0.1) is 6.54 Å². The predicted molar refractivity (Wildman–Crippen MR) is 66.3 cm³/mol. The van der Waals surface area contributed by atoms with Crippen molar-refractivity contribution in [2.75, 3.05) is 13.1 Å². The van der Waals surface area contributed by atoms with Crippen molar-refractivity contribution in [2.24, 2.45) is 0 Å². The molecule has 1 fully saturated rings. The highest BCUT2D eigenvalue weighted by atomic mass is 16.6. The van der Waals surface area contributed by atoms with Crippen LogP contribution < -0.4 is 0 Å². The van der Waals surface area contributed by atoms with E-state index in [1.807, 2.05) is 30.3 Å². The predicted octanol–water partition coefficient (Wildman–Crippen LogP) is 2.09. The maximum atomic E-state index is 10.9. The first kappa shape index (κ1) is 11.8. The number of benzene rings is 1. The van der Waals surface area contributed by atoms with Gasteiger partial charge in [0.1, 0.15) is 0 Å². The Morgan fingerprint density at radius 3 is 2.76 bits per heavy atom. The van der Waals surface area contributed by atoms with Crippen LogP contribution in [-0.4, -0.2) is 29.0 Å². The van der Waals surface area contributed by atoms with E-state index in [4.69, 9.17) is 0 Å². The lowest BCUT2D eigenvalue weighted by Crippen LogP contribution is -2.42. The van der Waals surface area contributed by atoms with Gasteiger partial charge in [-0.25, -0.2) is 0 Å². The van der Waals surface area contributed by atoms with E-state index in [1.165, 1.54) is 5.56 Å². The fourth-order valence-electron chi connectivity index (χ4n) is 2.13. The van der Waals surface area contributed by atoms with Crippen molar-refractivity contribution in [3.05, 3.63) is 58.2 Å². The standard InChI is InChI=1S/C13H16N2O2/c1-11-7-8-14(10-13(11)15(16)17)9-12-5-3-2-4-6-12/h2-6,13H,1,7-10H2. The number of nitrogens with zero attached hydrogens (tertiary/aromatic N) is 2. The lowest BCUT2D eigenvalue weighted by molar-refractivity contribution is -0.514. The lowest BCUT2D eigenvalue weighted by atomic mass is 10.0. The molecule has 0 aromatic heterocycles. The molecule has 1 heterocycles. The largest absolute Gasteiger partial charge is 0.292 e. The average molecular weight is 232 g/mol. The van der Waals surface area contributed by atoms with E-state index >= 15 is 0 Å². The molecule has 0 saturated carbocycles. The molecular formula is C13H16N2O2. The summed E-state index contributed by atoms with van der Waals surface area (Å²) in [5.74, 6) is 0. The molecule has 1 aliphatic rings. The zero-order valence-electron chi connectivity index (χ0n) is 9.71. The van der Waals surface area contributed by atoms with Crippen molar-refractivity contribution in [3.8, 4) is 0 Å². The Balaban J connectivity index is 1.99. The number of hydrogen-bond donors (Lipinski definition) is 0. The van der Waals surface area contributed by atoms with Gasteiger partial charge in [-0.1, -0.05) is 36.9 Å². The Hall–Kier alpha value is -1.68. The van der Waals surface area contributed by atoms with Crippen LogP contribution in [0.4, 0.5) is 0 Å². The van der Waals surface area contributed by atoms with E-state index in [0.29, 0.717) is 6.54 Å². The number of hydrogen-bond acceptors (Lipinski definition) is 3. The Morgan fingerprint density at radius 1 is 1.41 bits per heavy atom. The zero-order valence-corrected chi connectivity index (χ0v) is 9.71. The van der Waals surface area contributed by atoms with E-state index in [2.05, 4.69) is 11.5 Å². The molecule has 90 valence electrons. The van der Waals surface area contributed by atoms with Gasteiger partial charge >= 0.3 is 0 Å². The van der Waals surface area contributed by atoms with Gasteiger partial charge in [0, 0.05) is 18.0 Å². The van der Waals surface area contributed by atoms with Crippen LogP contribution in [0, 0.1) is 10.1 Å². The normalized spacial score (nSPS) is 21.4. The highest BCUT2D eigenvalue weighted by molar-refractivity contribution is 5.15. The molecular weight excluding hydrogens is 216 g/mol. The Kier molecular flexibility index (Phi) is 3.54. The molecule has 0 aliphatic carbocycles. The molecule has 2 rings (SSSR count). The van der Waals surface area contributed by atoms with Gasteiger partial charge in [-0.2, -0.15) is 0 Å². The number of piperidine rings is 1. The molecule has 4 nitrogen and oxygen atoms in total. The van der Waals surface area contributed by atoms with Crippen LogP contribution in [0.15, 0.2) is 42.5 Å². The van der Waals surface area contributed by atoms with Crippen molar-refractivity contribution >= 4 is 0 Å². The number of likely N-dealkylation sites (tertiary alicyclic amines) is 1. The van der Waals surface area contributed by atoms with E-state index in [-0.39, 0.29) is 4.92 Å². The topological polar surface area (TPSA) is 46.4 Å². The summed E-state index contributed by atoms with van der Waals surface area (Å²) < 4.78 is 0. The van der Waals surface area contributed by atoms with Crippen LogP contribution in [0.1, 0.15) is 12.0 Å². The van der Waals surface area contributed by atoms with Crippen LogP contribution in [0.5, 0.6) is 0 Å². The molecule has 0 bridgehead atoms. The molecule has 1 unspecified atom stereocenters. The first-order chi connectivity index (χ1) is 8.16. The van der Waals surface area contributed by atoms with Crippen molar-refractivity contribution in [3.63, 3.8) is 0 Å². The van der Waals surface area contributed by atoms with Crippen molar-refractivity contribution in [1.82, 2.24) is 4.90 Å². The smallest absolute Gasteiger partial charge is 0.246 e. The third kappa shape index (κ3) is 2.91. The minimum Gasteiger partial charge on any atom is -0.292 e. The number of rotatable bonds is 3. The molecule has 0 amide bonds. The van der Waals surface area contributed by atoms with E-state index in [1.54, 1.807) is 0 Å². The summed E-state index contributed by atoms with van der Waals surface area (Å²) in [7, 11) is 0. The molecule has 1 aromatic carbocycles. The van der Waals surface area contributed by atoms with E-state index in [9.17, 15) is 10.1 Å². The second-order valence-electron chi connectivity index (χ2n) is 4.43.